The molecule has 1 amide bonds. The van der Waals surface area contributed by atoms with Gasteiger partial charge >= 0.3 is 6.09 Å². The number of benzene rings is 1. The van der Waals surface area contributed by atoms with Crippen molar-refractivity contribution in [2.45, 2.75) is 44.8 Å². The van der Waals surface area contributed by atoms with Gasteiger partial charge in [0.15, 0.2) is 0 Å². The molecule has 162 valence electrons. The number of hydrogen-bond donors (Lipinski definition) is 2. The van der Waals surface area contributed by atoms with Crippen LogP contribution in [-0.2, 0) is 11.3 Å². The zero-order valence-electron chi connectivity index (χ0n) is 17.3. The third-order valence-corrected chi connectivity index (χ3v) is 6.56. The van der Waals surface area contributed by atoms with Gasteiger partial charge in [0.05, 0.1) is 6.20 Å². The first-order valence-corrected chi connectivity index (χ1v) is 11.1. The van der Waals surface area contributed by atoms with Crippen LogP contribution in [0.25, 0.3) is 0 Å². The number of aromatic nitrogens is 2. The van der Waals surface area contributed by atoms with E-state index in [1.165, 1.54) is 12.6 Å². The molecule has 2 aliphatic carbocycles. The second kappa shape index (κ2) is 9.97. The van der Waals surface area contributed by atoms with Crippen LogP contribution in [0, 0.1) is 29.1 Å². The highest BCUT2D eigenvalue weighted by Crippen LogP contribution is 2.43. The van der Waals surface area contributed by atoms with Crippen LogP contribution >= 0.6 is 11.6 Å². The lowest BCUT2D eigenvalue weighted by molar-refractivity contribution is 0.0732. The van der Waals surface area contributed by atoms with E-state index >= 15 is 0 Å². The summed E-state index contributed by atoms with van der Waals surface area (Å²) in [5, 5.41) is 15.8. The predicted octanol–water partition coefficient (Wildman–Crippen LogP) is 4.53. The van der Waals surface area contributed by atoms with Crippen LogP contribution in [0.15, 0.2) is 36.5 Å². The zero-order valence-corrected chi connectivity index (χ0v) is 18.0. The normalized spacial score (nSPS) is 24.6. The van der Waals surface area contributed by atoms with Crippen molar-refractivity contribution in [1.82, 2.24) is 15.3 Å². The molecule has 1 aromatic heterocycles. The maximum atomic E-state index is 12.4. The zero-order chi connectivity index (χ0) is 21.6. The van der Waals surface area contributed by atoms with Crippen LogP contribution in [-0.4, -0.2) is 28.6 Å². The third kappa shape index (κ3) is 5.45. The lowest BCUT2D eigenvalue weighted by Crippen LogP contribution is -2.52. The van der Waals surface area contributed by atoms with Gasteiger partial charge in [0, 0.05) is 12.6 Å². The Balaban J connectivity index is 1.31. The Bertz CT molecular complexity index is 935. The van der Waals surface area contributed by atoms with Gasteiger partial charge in [-0.2, -0.15) is 10.2 Å². The fraction of sp³-hybridized carbons (Fsp3) is 0.478. The molecule has 2 bridgehead atoms. The van der Waals surface area contributed by atoms with Crippen molar-refractivity contribution in [2.24, 2.45) is 17.8 Å². The molecule has 1 aromatic carbocycles. The fourth-order valence-electron chi connectivity index (χ4n) is 4.99. The van der Waals surface area contributed by atoms with E-state index < -0.39 is 0 Å². The third-order valence-electron chi connectivity index (χ3n) is 6.37. The second-order valence-electron chi connectivity index (χ2n) is 8.41. The van der Waals surface area contributed by atoms with Crippen LogP contribution in [0.1, 0.15) is 43.2 Å². The van der Waals surface area contributed by atoms with E-state index in [0.717, 1.165) is 37.8 Å². The number of fused-ring (bicyclic) bond motifs is 2. The number of amides is 1. The number of nitriles is 1. The summed E-state index contributed by atoms with van der Waals surface area (Å²) < 4.78 is 5.45. The van der Waals surface area contributed by atoms with Crippen molar-refractivity contribution < 1.29 is 9.53 Å². The Kier molecular flexibility index (Phi) is 6.88. The molecule has 0 spiro atoms. The summed E-state index contributed by atoms with van der Waals surface area (Å²) in [7, 11) is 0. The lowest BCUT2D eigenvalue weighted by atomic mass is 9.64. The van der Waals surface area contributed by atoms with Crippen molar-refractivity contribution in [3.63, 3.8) is 0 Å². The van der Waals surface area contributed by atoms with Gasteiger partial charge in [0.2, 0.25) is 5.28 Å². The standard InChI is InChI=1S/C23H26ClN5O2/c24-22-27-13-19(11-25)21(29-22)26-12-16-9-17-7-4-8-18(10-16)20(17)28-23(30)31-14-15-5-2-1-3-6-15/h1-3,5-6,13,16-18,20H,4,7-10,12,14H2,(H,28,30)(H,26,27,29)/t16?,17-,18+,20?. The van der Waals surface area contributed by atoms with Crippen molar-refractivity contribution in [3.8, 4) is 6.07 Å². The summed E-state index contributed by atoms with van der Waals surface area (Å²) in [6, 6.07) is 12.0. The Labute approximate surface area is 187 Å². The van der Waals surface area contributed by atoms with Crippen molar-refractivity contribution in [2.75, 3.05) is 11.9 Å². The minimum atomic E-state index is -0.336. The molecule has 2 saturated carbocycles. The highest BCUT2D eigenvalue weighted by molar-refractivity contribution is 6.28. The summed E-state index contributed by atoms with van der Waals surface area (Å²) in [4.78, 5) is 20.4. The van der Waals surface area contributed by atoms with E-state index in [2.05, 4.69) is 26.7 Å². The van der Waals surface area contributed by atoms with Gasteiger partial charge in [-0.25, -0.2) is 9.78 Å². The Morgan fingerprint density at radius 1 is 1.23 bits per heavy atom. The van der Waals surface area contributed by atoms with Crippen molar-refractivity contribution in [3.05, 3.63) is 52.9 Å². The smallest absolute Gasteiger partial charge is 0.407 e. The minimum absolute atomic E-state index is 0.125. The number of hydrogen-bond acceptors (Lipinski definition) is 6. The molecule has 0 aliphatic heterocycles. The number of nitrogens with zero attached hydrogens (tertiary/aromatic N) is 3. The molecular weight excluding hydrogens is 414 g/mol. The number of rotatable bonds is 6. The summed E-state index contributed by atoms with van der Waals surface area (Å²) in [5.74, 6) is 1.81. The fourth-order valence-corrected chi connectivity index (χ4v) is 5.12. The molecule has 4 atom stereocenters. The monoisotopic (exact) mass is 439 g/mol. The van der Waals surface area contributed by atoms with Crippen LogP contribution in [0.5, 0.6) is 0 Å². The first-order chi connectivity index (χ1) is 15.1. The Hall–Kier alpha value is -2.85. The van der Waals surface area contributed by atoms with Crippen molar-refractivity contribution in [1.29, 1.82) is 5.26 Å². The van der Waals surface area contributed by atoms with Crippen LogP contribution in [0.3, 0.4) is 0 Å². The molecule has 0 saturated heterocycles. The van der Waals surface area contributed by atoms with E-state index in [9.17, 15) is 10.1 Å². The molecule has 2 aliphatic rings. The van der Waals surface area contributed by atoms with E-state index in [1.807, 2.05) is 30.3 Å². The molecule has 1 heterocycles. The average molecular weight is 440 g/mol. The first kappa shape index (κ1) is 21.4. The predicted molar refractivity (Wildman–Crippen MR) is 117 cm³/mol. The minimum Gasteiger partial charge on any atom is -0.445 e. The number of ether oxygens (including phenoxy) is 1. The summed E-state index contributed by atoms with van der Waals surface area (Å²) in [5.41, 5.74) is 1.37. The van der Waals surface area contributed by atoms with Gasteiger partial charge in [-0.1, -0.05) is 36.8 Å². The van der Waals surface area contributed by atoms with Gasteiger partial charge in [0.25, 0.3) is 0 Å². The molecule has 7 nitrogen and oxygen atoms in total. The average Bonchev–Trinajstić information content (AvgIpc) is 2.77. The van der Waals surface area contributed by atoms with Crippen LogP contribution in [0.2, 0.25) is 5.28 Å². The molecule has 4 rings (SSSR count). The topological polar surface area (TPSA) is 99.9 Å². The lowest BCUT2D eigenvalue weighted by Gasteiger charge is -2.46. The SMILES string of the molecule is N#Cc1cnc(Cl)nc1NCC1C[C@H]2CCC[C@@H](C1)C2NC(=O)OCc1ccccc1. The number of halogens is 1. The quantitative estimate of drug-likeness (QED) is 0.641. The molecule has 2 fully saturated rings. The molecule has 8 heteroatoms. The molecule has 2 aromatic rings. The van der Waals surface area contributed by atoms with Crippen molar-refractivity contribution >= 4 is 23.5 Å². The van der Waals surface area contributed by atoms with Gasteiger partial charge in [-0.15, -0.1) is 0 Å². The number of nitrogens with one attached hydrogen (secondary N) is 2. The van der Waals surface area contributed by atoms with Gasteiger partial charge in [-0.3, -0.25) is 0 Å². The largest absolute Gasteiger partial charge is 0.445 e. The van der Waals surface area contributed by atoms with E-state index in [0.29, 0.717) is 29.1 Å². The van der Waals surface area contributed by atoms with Crippen LogP contribution < -0.4 is 10.6 Å². The van der Waals surface area contributed by atoms with E-state index in [-0.39, 0.29) is 24.0 Å². The van der Waals surface area contributed by atoms with Gasteiger partial charge in [-0.05, 0) is 60.6 Å². The summed E-state index contributed by atoms with van der Waals surface area (Å²) in [6.45, 7) is 1.00. The number of alkyl carbamates (subject to hydrolysis) is 1. The summed E-state index contributed by atoms with van der Waals surface area (Å²) in [6.07, 6.45) is 6.57. The molecule has 31 heavy (non-hydrogen) atoms. The number of anilines is 1. The highest BCUT2D eigenvalue weighted by atomic mass is 35.5. The molecule has 2 N–H and O–H groups in total. The second-order valence-corrected chi connectivity index (χ2v) is 8.75. The maximum Gasteiger partial charge on any atom is 0.407 e. The Morgan fingerprint density at radius 2 is 1.97 bits per heavy atom. The molecule has 0 radical (unpaired) electrons. The van der Waals surface area contributed by atoms with Gasteiger partial charge < -0.3 is 15.4 Å². The number of carbonyl (C=O) groups excluding carboxylic acids is 1. The van der Waals surface area contributed by atoms with Gasteiger partial charge in [0.1, 0.15) is 24.1 Å². The summed E-state index contributed by atoms with van der Waals surface area (Å²) >= 11 is 5.88. The highest BCUT2D eigenvalue weighted by Gasteiger charge is 2.41. The first-order valence-electron chi connectivity index (χ1n) is 10.8. The maximum absolute atomic E-state index is 12.4. The van der Waals surface area contributed by atoms with E-state index in [4.69, 9.17) is 16.3 Å². The van der Waals surface area contributed by atoms with E-state index in [1.54, 1.807) is 0 Å². The molecular formula is C23H26ClN5O2. The van der Waals surface area contributed by atoms with Crippen LogP contribution in [0.4, 0.5) is 10.6 Å². The number of carbonyl (C=O) groups is 1. The molecule has 2 unspecified atom stereocenters. The Morgan fingerprint density at radius 3 is 2.68 bits per heavy atom.